The summed E-state index contributed by atoms with van der Waals surface area (Å²) in [6.45, 7) is 6.74. The lowest BCUT2D eigenvalue weighted by Gasteiger charge is -2.33. The van der Waals surface area contributed by atoms with Crippen molar-refractivity contribution in [1.82, 2.24) is 0 Å². The maximum absolute atomic E-state index is 6.69. The second-order valence-electron chi connectivity index (χ2n) is 15.5. The van der Waals surface area contributed by atoms with Gasteiger partial charge in [0, 0.05) is 22.1 Å². The molecule has 0 fully saturated rings. The fraction of sp³-hybridized carbons (Fsp3) is 0.0741. The van der Waals surface area contributed by atoms with Gasteiger partial charge in [0.15, 0.2) is 5.58 Å². The molecule has 0 saturated carbocycles. The Kier molecular flexibility index (Phi) is 7.31. The molecule has 1 heterocycles. The third-order valence-corrected chi connectivity index (χ3v) is 11.9. The highest BCUT2D eigenvalue weighted by molar-refractivity contribution is 6.26. The zero-order valence-corrected chi connectivity index (χ0v) is 31.7. The summed E-state index contributed by atoms with van der Waals surface area (Å²) in [6, 6.07) is 64.4. The molecule has 1 aromatic heterocycles. The Bertz CT molecular complexity index is 3170. The summed E-state index contributed by atoms with van der Waals surface area (Å²) in [5.41, 5.74) is 18.0. The molecule has 0 saturated heterocycles. The molecule has 10 aromatic rings. The molecule has 56 heavy (non-hydrogen) atoms. The van der Waals surface area contributed by atoms with Gasteiger partial charge < -0.3 is 9.32 Å². The van der Waals surface area contributed by atoms with Crippen LogP contribution in [0.4, 0.5) is 17.1 Å². The molecule has 0 spiro atoms. The van der Waals surface area contributed by atoms with E-state index in [9.17, 15) is 0 Å². The molecule has 2 heteroatoms. The van der Waals surface area contributed by atoms with E-state index < -0.39 is 0 Å². The number of para-hydroxylation sites is 2. The van der Waals surface area contributed by atoms with Crippen molar-refractivity contribution in [3.8, 4) is 44.5 Å². The maximum Gasteiger partial charge on any atom is 0.159 e. The lowest BCUT2D eigenvalue weighted by molar-refractivity contribution is 0.669. The van der Waals surface area contributed by atoms with Crippen molar-refractivity contribution < 1.29 is 4.42 Å². The standard InChI is InChI=1S/C54H39NO/c1-33(2)37-26-25-34(3)48(32-37)55(47-23-14-22-44-41-19-12-13-24-49(41)56-54(44)47)40-28-27-38-30-45-46(31-39(38)29-40)53-51(36-17-8-5-9-18-36)43-21-11-10-20-42(43)50(52(45)53)35-15-6-4-7-16-35/h4-33H,1-3H3. The third-order valence-electron chi connectivity index (χ3n) is 11.9. The Morgan fingerprint density at radius 2 is 1.04 bits per heavy atom. The number of furan rings is 1. The molecule has 0 bridgehead atoms. The summed E-state index contributed by atoms with van der Waals surface area (Å²) >= 11 is 0. The van der Waals surface area contributed by atoms with Crippen LogP contribution in [0.25, 0.3) is 88.0 Å². The molecule has 1 aliphatic rings. The zero-order chi connectivity index (χ0) is 37.5. The number of nitrogens with zero attached hydrogens (tertiary/aromatic N) is 1. The number of hydrogen-bond acceptors (Lipinski definition) is 2. The average molecular weight is 718 g/mol. The van der Waals surface area contributed by atoms with Gasteiger partial charge in [0.05, 0.1) is 5.69 Å². The van der Waals surface area contributed by atoms with Crippen molar-refractivity contribution in [2.75, 3.05) is 4.90 Å². The van der Waals surface area contributed by atoms with Gasteiger partial charge in [-0.3, -0.25) is 0 Å². The fourth-order valence-corrected chi connectivity index (χ4v) is 9.10. The van der Waals surface area contributed by atoms with Crippen LogP contribution in [0.1, 0.15) is 30.9 Å². The highest BCUT2D eigenvalue weighted by Crippen LogP contribution is 2.60. The van der Waals surface area contributed by atoms with Crippen molar-refractivity contribution in [2.24, 2.45) is 0 Å². The normalized spacial score (nSPS) is 12.0. The predicted octanol–water partition coefficient (Wildman–Crippen LogP) is 15.8. The number of benzene rings is 9. The van der Waals surface area contributed by atoms with Crippen molar-refractivity contribution in [3.05, 3.63) is 187 Å². The summed E-state index contributed by atoms with van der Waals surface area (Å²) < 4.78 is 6.69. The highest BCUT2D eigenvalue weighted by Gasteiger charge is 2.33. The minimum absolute atomic E-state index is 0.393. The largest absolute Gasteiger partial charge is 0.454 e. The van der Waals surface area contributed by atoms with Crippen LogP contribution in [-0.2, 0) is 0 Å². The Morgan fingerprint density at radius 3 is 1.70 bits per heavy atom. The molecule has 11 rings (SSSR count). The van der Waals surface area contributed by atoms with Gasteiger partial charge >= 0.3 is 0 Å². The van der Waals surface area contributed by atoms with Gasteiger partial charge in [-0.2, -0.15) is 0 Å². The topological polar surface area (TPSA) is 16.4 Å². The summed E-state index contributed by atoms with van der Waals surface area (Å²) in [5.74, 6) is 0.393. The van der Waals surface area contributed by atoms with Crippen LogP contribution in [0.3, 0.4) is 0 Å². The van der Waals surface area contributed by atoms with Crippen molar-refractivity contribution >= 4 is 60.5 Å². The molecule has 2 nitrogen and oxygen atoms in total. The summed E-state index contributed by atoms with van der Waals surface area (Å²) in [5, 5.41) is 7.24. The zero-order valence-electron chi connectivity index (χ0n) is 31.7. The van der Waals surface area contributed by atoms with E-state index in [0.717, 1.165) is 39.0 Å². The van der Waals surface area contributed by atoms with Crippen LogP contribution in [-0.4, -0.2) is 0 Å². The minimum atomic E-state index is 0.393. The smallest absolute Gasteiger partial charge is 0.159 e. The van der Waals surface area contributed by atoms with Crippen LogP contribution in [0, 0.1) is 6.92 Å². The molecular formula is C54H39NO. The van der Waals surface area contributed by atoms with E-state index in [0.29, 0.717) is 5.92 Å². The van der Waals surface area contributed by atoms with Crippen LogP contribution >= 0.6 is 0 Å². The second kappa shape index (κ2) is 12.6. The van der Waals surface area contributed by atoms with E-state index in [1.807, 2.05) is 6.07 Å². The molecule has 9 aromatic carbocycles. The SMILES string of the molecule is Cc1ccc(C(C)C)cc1N(c1ccc2cc3c(cc2c1)-c1c-3c(-c2ccccc2)c2ccccc2c1-c1ccccc1)c1cccc2c1oc1ccccc12. The molecule has 266 valence electrons. The van der Waals surface area contributed by atoms with Crippen LogP contribution < -0.4 is 4.90 Å². The lowest BCUT2D eigenvalue weighted by atomic mass is 9.70. The van der Waals surface area contributed by atoms with Crippen molar-refractivity contribution in [3.63, 3.8) is 0 Å². The number of anilines is 3. The highest BCUT2D eigenvalue weighted by atomic mass is 16.3. The van der Waals surface area contributed by atoms with Gasteiger partial charge in [-0.1, -0.05) is 147 Å². The van der Waals surface area contributed by atoms with Crippen LogP contribution in [0.15, 0.2) is 180 Å². The van der Waals surface area contributed by atoms with E-state index in [-0.39, 0.29) is 0 Å². The molecule has 0 aliphatic heterocycles. The number of aryl methyl sites for hydroxylation is 1. The Morgan fingerprint density at radius 1 is 0.446 bits per heavy atom. The monoisotopic (exact) mass is 717 g/mol. The summed E-state index contributed by atoms with van der Waals surface area (Å²) in [4.78, 5) is 2.41. The minimum Gasteiger partial charge on any atom is -0.454 e. The number of rotatable bonds is 6. The number of hydrogen-bond donors (Lipinski definition) is 0. The average Bonchev–Trinajstić information content (AvgIpc) is 3.63. The molecular weight excluding hydrogens is 679 g/mol. The van der Waals surface area contributed by atoms with Gasteiger partial charge in [-0.25, -0.2) is 0 Å². The Labute approximate surface area is 326 Å². The second-order valence-corrected chi connectivity index (χ2v) is 15.5. The van der Waals surface area contributed by atoms with E-state index in [2.05, 4.69) is 196 Å². The van der Waals surface area contributed by atoms with Gasteiger partial charge in [-0.15, -0.1) is 0 Å². The molecule has 0 amide bonds. The van der Waals surface area contributed by atoms with E-state index in [1.54, 1.807) is 0 Å². The van der Waals surface area contributed by atoms with Crippen molar-refractivity contribution in [1.29, 1.82) is 0 Å². The van der Waals surface area contributed by atoms with Gasteiger partial charge in [0.2, 0.25) is 0 Å². The fourth-order valence-electron chi connectivity index (χ4n) is 9.10. The first-order valence-electron chi connectivity index (χ1n) is 19.6. The maximum atomic E-state index is 6.69. The Hall–Kier alpha value is -6.90. The van der Waals surface area contributed by atoms with Gasteiger partial charge in [0.25, 0.3) is 0 Å². The first-order valence-corrected chi connectivity index (χ1v) is 19.6. The quantitative estimate of drug-likeness (QED) is 0.170. The lowest BCUT2D eigenvalue weighted by Crippen LogP contribution is -2.12. The van der Waals surface area contributed by atoms with Gasteiger partial charge in [-0.05, 0) is 132 Å². The first-order chi connectivity index (χ1) is 27.5. The van der Waals surface area contributed by atoms with E-state index in [4.69, 9.17) is 4.42 Å². The molecule has 0 N–H and O–H groups in total. The van der Waals surface area contributed by atoms with Gasteiger partial charge in [0.1, 0.15) is 5.58 Å². The molecule has 0 unspecified atom stereocenters. The summed E-state index contributed by atoms with van der Waals surface area (Å²) in [7, 11) is 0. The molecule has 1 aliphatic carbocycles. The van der Waals surface area contributed by atoms with Crippen molar-refractivity contribution in [2.45, 2.75) is 26.7 Å². The van der Waals surface area contributed by atoms with Crippen LogP contribution in [0.2, 0.25) is 0 Å². The van der Waals surface area contributed by atoms with E-state index >= 15 is 0 Å². The van der Waals surface area contributed by atoms with E-state index in [1.165, 1.54) is 77.2 Å². The Balaban J connectivity index is 1.16. The first kappa shape index (κ1) is 32.5. The molecule has 0 atom stereocenters. The predicted molar refractivity (Wildman–Crippen MR) is 238 cm³/mol. The number of fused-ring (bicyclic) bond motifs is 9. The summed E-state index contributed by atoms with van der Waals surface area (Å²) in [6.07, 6.45) is 0. The molecule has 0 radical (unpaired) electrons. The van der Waals surface area contributed by atoms with Crippen LogP contribution in [0.5, 0.6) is 0 Å². The third kappa shape index (κ3) is 4.89.